The summed E-state index contributed by atoms with van der Waals surface area (Å²) < 4.78 is 4.67. The lowest BCUT2D eigenvalue weighted by Gasteiger charge is -2.08. The van der Waals surface area contributed by atoms with Crippen LogP contribution in [0.5, 0.6) is 0 Å². The molecule has 0 radical (unpaired) electrons. The molecule has 0 bridgehead atoms. The largest absolute Gasteiger partial charge is 0.325 e. The van der Waals surface area contributed by atoms with Gasteiger partial charge in [-0.1, -0.05) is 33.1 Å². The van der Waals surface area contributed by atoms with Crippen molar-refractivity contribution < 1.29 is 14.3 Å². The van der Waals surface area contributed by atoms with Crippen molar-refractivity contribution in [3.8, 4) is 0 Å². The van der Waals surface area contributed by atoms with E-state index in [1.807, 2.05) is 0 Å². The van der Waals surface area contributed by atoms with Crippen molar-refractivity contribution in [2.75, 3.05) is 6.61 Å². The molecule has 5 heteroatoms. The van der Waals surface area contributed by atoms with Gasteiger partial charge in [0.2, 0.25) is 0 Å². The summed E-state index contributed by atoms with van der Waals surface area (Å²) in [7, 11) is 0. The van der Waals surface area contributed by atoms with Gasteiger partial charge in [-0.3, -0.25) is 0 Å². The van der Waals surface area contributed by atoms with Crippen LogP contribution in [0.4, 0.5) is 0 Å². The summed E-state index contributed by atoms with van der Waals surface area (Å²) in [5.41, 5.74) is 0. The Morgan fingerprint density at radius 1 is 1.23 bits per heavy atom. The van der Waals surface area contributed by atoms with Crippen molar-refractivity contribution in [2.45, 2.75) is 39.5 Å². The molecule has 0 aromatic heterocycles. The summed E-state index contributed by atoms with van der Waals surface area (Å²) >= 11 is 4.30. The molecule has 0 aliphatic carbocycles. The number of rotatable bonds is 7. The highest BCUT2D eigenvalue weighted by molar-refractivity contribution is 8.06. The van der Waals surface area contributed by atoms with Gasteiger partial charge in [-0.05, 0) is 24.1 Å². The first-order valence-electron chi connectivity index (χ1n) is 4.62. The van der Waals surface area contributed by atoms with Crippen LogP contribution in [0.2, 0.25) is 0 Å². The molecule has 0 aliphatic heterocycles. The van der Waals surface area contributed by atoms with E-state index in [1.165, 1.54) is 12.8 Å². The van der Waals surface area contributed by atoms with Gasteiger partial charge in [0.05, 0.1) is 6.61 Å². The standard InChI is InChI=1S/C8H19O3PS/c1-8(2)6-4-3-5-7-11-12(9,10)13/h8H,3-7H2,1-2H3,(H2,9,10,13). The molecule has 0 atom stereocenters. The van der Waals surface area contributed by atoms with E-state index in [-0.39, 0.29) is 0 Å². The molecule has 80 valence electrons. The topological polar surface area (TPSA) is 49.7 Å². The molecule has 0 saturated carbocycles. The van der Waals surface area contributed by atoms with Gasteiger partial charge in [-0.2, -0.15) is 0 Å². The van der Waals surface area contributed by atoms with Gasteiger partial charge in [0.25, 0.3) is 0 Å². The third kappa shape index (κ3) is 12.5. The number of hydrogen-bond acceptors (Lipinski definition) is 2. The van der Waals surface area contributed by atoms with E-state index in [0.717, 1.165) is 18.8 Å². The maximum Gasteiger partial charge on any atom is 0.321 e. The SMILES string of the molecule is CC(C)CCCCCOP(O)(O)=S. The van der Waals surface area contributed by atoms with Crippen molar-refractivity contribution in [3.05, 3.63) is 0 Å². The predicted octanol–water partition coefficient (Wildman–Crippen LogP) is 2.43. The smallest absolute Gasteiger partial charge is 0.321 e. The molecule has 0 aromatic carbocycles. The zero-order valence-electron chi connectivity index (χ0n) is 8.27. The molecule has 0 spiro atoms. The van der Waals surface area contributed by atoms with Gasteiger partial charge >= 0.3 is 6.72 Å². The Labute approximate surface area is 85.4 Å². The van der Waals surface area contributed by atoms with Crippen LogP contribution in [0.1, 0.15) is 39.5 Å². The Balaban J connectivity index is 3.14. The second-order valence-electron chi connectivity index (χ2n) is 3.57. The lowest BCUT2D eigenvalue weighted by atomic mass is 10.1. The fraction of sp³-hybridized carbons (Fsp3) is 1.00. The monoisotopic (exact) mass is 226 g/mol. The average Bonchev–Trinajstić information content (AvgIpc) is 1.93. The number of hydrogen-bond donors (Lipinski definition) is 2. The first kappa shape index (κ1) is 13.5. The summed E-state index contributed by atoms with van der Waals surface area (Å²) in [5.74, 6) is 0.738. The minimum atomic E-state index is -3.40. The fourth-order valence-electron chi connectivity index (χ4n) is 1.01. The van der Waals surface area contributed by atoms with Crippen molar-refractivity contribution in [2.24, 2.45) is 5.92 Å². The van der Waals surface area contributed by atoms with E-state index in [0.29, 0.717) is 6.61 Å². The van der Waals surface area contributed by atoms with Crippen molar-refractivity contribution in [3.63, 3.8) is 0 Å². The molecule has 0 saturated heterocycles. The molecule has 0 rings (SSSR count). The second-order valence-corrected chi connectivity index (χ2v) is 6.23. The first-order valence-corrected chi connectivity index (χ1v) is 7.24. The van der Waals surface area contributed by atoms with Gasteiger partial charge in [-0.15, -0.1) is 0 Å². The van der Waals surface area contributed by atoms with Crippen molar-refractivity contribution >= 4 is 18.5 Å². The maximum atomic E-state index is 8.72. The van der Waals surface area contributed by atoms with Gasteiger partial charge in [0, 0.05) is 0 Å². The summed E-state index contributed by atoms with van der Waals surface area (Å²) in [6.07, 6.45) is 4.30. The van der Waals surface area contributed by atoms with Crippen molar-refractivity contribution in [1.82, 2.24) is 0 Å². The molecule has 2 N–H and O–H groups in total. The summed E-state index contributed by atoms with van der Waals surface area (Å²) in [5, 5.41) is 0. The summed E-state index contributed by atoms with van der Waals surface area (Å²) in [6, 6.07) is 0. The Bertz CT molecular complexity index is 167. The van der Waals surface area contributed by atoms with Crippen LogP contribution in [-0.4, -0.2) is 16.4 Å². The normalized spacial score (nSPS) is 12.4. The molecule has 0 amide bonds. The lowest BCUT2D eigenvalue weighted by molar-refractivity contribution is 0.245. The molecule has 13 heavy (non-hydrogen) atoms. The summed E-state index contributed by atoms with van der Waals surface area (Å²) in [6.45, 7) is 1.35. The molecular weight excluding hydrogens is 207 g/mol. The molecule has 0 fully saturated rings. The Morgan fingerprint density at radius 2 is 1.85 bits per heavy atom. The Hall–Kier alpha value is 0.530. The van der Waals surface area contributed by atoms with Crippen LogP contribution in [-0.2, 0) is 16.3 Å². The van der Waals surface area contributed by atoms with E-state index in [9.17, 15) is 0 Å². The van der Waals surface area contributed by atoms with Crippen LogP contribution in [0.3, 0.4) is 0 Å². The quantitative estimate of drug-likeness (QED) is 0.517. The van der Waals surface area contributed by atoms with E-state index >= 15 is 0 Å². The van der Waals surface area contributed by atoms with E-state index in [2.05, 4.69) is 30.2 Å². The van der Waals surface area contributed by atoms with Gasteiger partial charge in [0.15, 0.2) is 0 Å². The van der Waals surface area contributed by atoms with Crippen LogP contribution >= 0.6 is 6.72 Å². The molecule has 0 heterocycles. The second kappa shape index (κ2) is 6.91. The summed E-state index contributed by atoms with van der Waals surface area (Å²) in [4.78, 5) is 17.4. The molecular formula is C8H19O3PS. The van der Waals surface area contributed by atoms with Gasteiger partial charge < -0.3 is 14.3 Å². The lowest BCUT2D eigenvalue weighted by Crippen LogP contribution is -1.93. The molecule has 3 nitrogen and oxygen atoms in total. The third-order valence-corrected chi connectivity index (χ3v) is 2.52. The third-order valence-electron chi connectivity index (χ3n) is 1.69. The first-order chi connectivity index (χ1) is 5.92. The highest BCUT2D eigenvalue weighted by Crippen LogP contribution is 2.36. The molecule has 0 unspecified atom stereocenters. The average molecular weight is 226 g/mol. The maximum absolute atomic E-state index is 8.72. The fourth-order valence-corrected chi connectivity index (χ4v) is 1.61. The van der Waals surface area contributed by atoms with E-state index < -0.39 is 6.72 Å². The van der Waals surface area contributed by atoms with Crippen molar-refractivity contribution in [1.29, 1.82) is 0 Å². The van der Waals surface area contributed by atoms with Crippen LogP contribution < -0.4 is 0 Å². The van der Waals surface area contributed by atoms with Crippen LogP contribution in [0.25, 0.3) is 0 Å². The van der Waals surface area contributed by atoms with Crippen LogP contribution in [0, 0.1) is 5.92 Å². The highest BCUT2D eigenvalue weighted by Gasteiger charge is 2.06. The zero-order chi connectivity index (χ0) is 10.3. The van der Waals surface area contributed by atoms with Gasteiger partial charge in [0.1, 0.15) is 0 Å². The zero-order valence-corrected chi connectivity index (χ0v) is 9.98. The molecule has 0 aromatic rings. The Kier molecular flexibility index (Phi) is 7.19. The molecule has 0 aliphatic rings. The Morgan fingerprint density at radius 3 is 2.31 bits per heavy atom. The minimum Gasteiger partial charge on any atom is -0.325 e. The van der Waals surface area contributed by atoms with E-state index in [1.54, 1.807) is 0 Å². The highest BCUT2D eigenvalue weighted by atomic mass is 32.5. The number of unbranched alkanes of at least 4 members (excludes halogenated alkanes) is 2. The predicted molar refractivity (Wildman–Crippen MR) is 58.0 cm³/mol. The van der Waals surface area contributed by atoms with Crippen LogP contribution in [0.15, 0.2) is 0 Å². The van der Waals surface area contributed by atoms with Gasteiger partial charge in [-0.25, -0.2) is 0 Å². The minimum absolute atomic E-state index is 0.363. The van der Waals surface area contributed by atoms with E-state index in [4.69, 9.17) is 9.79 Å².